The number of H-pyrrole nitrogens is 1. The monoisotopic (exact) mass is 386 g/mol. The van der Waals surface area contributed by atoms with Gasteiger partial charge in [0.25, 0.3) is 0 Å². The van der Waals surface area contributed by atoms with Crippen LogP contribution in [0.1, 0.15) is 48.0 Å². The summed E-state index contributed by atoms with van der Waals surface area (Å²) in [6.07, 6.45) is 7.60. The fourth-order valence-corrected chi connectivity index (χ4v) is 4.69. The maximum atomic E-state index is 12.9. The van der Waals surface area contributed by atoms with E-state index >= 15 is 0 Å². The highest BCUT2D eigenvalue weighted by atomic mass is 16.2. The van der Waals surface area contributed by atoms with Crippen LogP contribution in [0.4, 0.5) is 4.79 Å². The molecule has 5 rings (SSSR count). The summed E-state index contributed by atoms with van der Waals surface area (Å²) in [5.41, 5.74) is 6.24. The van der Waals surface area contributed by atoms with Crippen LogP contribution in [0.2, 0.25) is 0 Å². The molecule has 148 valence electrons. The Morgan fingerprint density at radius 1 is 1.03 bits per heavy atom. The van der Waals surface area contributed by atoms with Crippen LogP contribution in [-0.2, 0) is 6.42 Å². The average molecular weight is 386 g/mol. The third-order valence-electron chi connectivity index (χ3n) is 6.37. The molecule has 1 aliphatic heterocycles. The van der Waals surface area contributed by atoms with E-state index in [9.17, 15) is 4.79 Å². The molecule has 1 saturated heterocycles. The number of hydrogen-bond donors (Lipinski definition) is 2. The zero-order valence-corrected chi connectivity index (χ0v) is 16.5. The van der Waals surface area contributed by atoms with Gasteiger partial charge in [-0.1, -0.05) is 42.5 Å². The number of piperidine rings is 1. The van der Waals surface area contributed by atoms with Crippen LogP contribution in [0.3, 0.4) is 0 Å². The van der Waals surface area contributed by atoms with Gasteiger partial charge < -0.3 is 15.2 Å². The Labute approximate surface area is 171 Å². The van der Waals surface area contributed by atoms with Crippen molar-refractivity contribution in [1.29, 1.82) is 0 Å². The number of nitrogens with one attached hydrogen (secondary N) is 2. The number of fused-ring (bicyclic) bond motifs is 1. The highest BCUT2D eigenvalue weighted by Gasteiger charge is 2.29. The molecular formula is C24H26N4O. The van der Waals surface area contributed by atoms with Crippen molar-refractivity contribution in [2.75, 3.05) is 13.1 Å². The van der Waals surface area contributed by atoms with Gasteiger partial charge in [-0.15, -0.1) is 0 Å². The quantitative estimate of drug-likeness (QED) is 0.688. The smallest absolute Gasteiger partial charge is 0.317 e. The number of carbonyl (C=O) groups excluding carboxylic acids is 1. The number of aromatic amines is 1. The lowest BCUT2D eigenvalue weighted by molar-refractivity contribution is 0.177. The first-order valence-corrected chi connectivity index (χ1v) is 10.5. The molecule has 0 saturated carbocycles. The van der Waals surface area contributed by atoms with Crippen molar-refractivity contribution in [2.45, 2.75) is 37.6 Å². The summed E-state index contributed by atoms with van der Waals surface area (Å²) in [5.74, 6) is 0.474. The van der Waals surface area contributed by atoms with Gasteiger partial charge in [-0.25, -0.2) is 9.78 Å². The molecule has 3 aromatic rings. The normalized spacial score (nSPS) is 19.2. The number of urea groups is 1. The number of aryl methyl sites for hydroxylation is 1. The van der Waals surface area contributed by atoms with Crippen LogP contribution in [0.5, 0.6) is 0 Å². The first-order chi connectivity index (χ1) is 14.3. The molecule has 29 heavy (non-hydrogen) atoms. The summed E-state index contributed by atoms with van der Waals surface area (Å²) in [5, 5.41) is 3.30. The first-order valence-electron chi connectivity index (χ1n) is 10.5. The van der Waals surface area contributed by atoms with Crippen molar-refractivity contribution in [3.05, 3.63) is 77.9 Å². The fourth-order valence-electron chi connectivity index (χ4n) is 4.69. The molecule has 0 spiro atoms. The van der Waals surface area contributed by atoms with E-state index in [2.05, 4.69) is 57.7 Å². The fraction of sp³-hybridized carbons (Fsp3) is 0.333. The minimum atomic E-state index is 0.0658. The van der Waals surface area contributed by atoms with Gasteiger partial charge in [0.1, 0.15) is 0 Å². The molecule has 2 N–H and O–H groups in total. The van der Waals surface area contributed by atoms with Crippen LogP contribution in [0, 0.1) is 0 Å². The van der Waals surface area contributed by atoms with E-state index in [-0.39, 0.29) is 12.1 Å². The molecule has 1 fully saturated rings. The van der Waals surface area contributed by atoms with Gasteiger partial charge in [0.2, 0.25) is 0 Å². The van der Waals surface area contributed by atoms with E-state index < -0.39 is 0 Å². The Bertz CT molecular complexity index is 975. The maximum Gasteiger partial charge on any atom is 0.317 e. The molecule has 0 radical (unpaired) electrons. The van der Waals surface area contributed by atoms with E-state index in [1.807, 2.05) is 17.2 Å². The molecule has 2 amide bonds. The van der Waals surface area contributed by atoms with Crippen molar-refractivity contribution in [2.24, 2.45) is 0 Å². The van der Waals surface area contributed by atoms with Gasteiger partial charge in [-0.05, 0) is 54.0 Å². The topological polar surface area (TPSA) is 61.0 Å². The third-order valence-corrected chi connectivity index (χ3v) is 6.37. The van der Waals surface area contributed by atoms with Crippen molar-refractivity contribution < 1.29 is 4.79 Å². The van der Waals surface area contributed by atoms with Gasteiger partial charge >= 0.3 is 6.03 Å². The van der Waals surface area contributed by atoms with E-state index in [1.165, 1.54) is 27.9 Å². The second kappa shape index (κ2) is 7.74. The largest absolute Gasteiger partial charge is 0.348 e. The Balaban J connectivity index is 1.25. The summed E-state index contributed by atoms with van der Waals surface area (Å²) in [4.78, 5) is 22.2. The number of carbonyl (C=O) groups is 1. The SMILES string of the molecule is O=C(NC1CCc2ccc(-c3ccccc3)cc21)N1CCC(c2cnc[nH]2)CC1. The highest BCUT2D eigenvalue weighted by molar-refractivity contribution is 5.75. The lowest BCUT2D eigenvalue weighted by Crippen LogP contribution is -2.45. The standard InChI is InChI=1S/C24H26N4O/c29-24(28-12-10-19(11-13-28)23-15-25-16-26-23)27-22-9-8-18-6-7-20(14-21(18)22)17-4-2-1-3-5-17/h1-7,14-16,19,22H,8-13H2,(H,25,26)(H,27,29). The minimum absolute atomic E-state index is 0.0658. The number of amides is 2. The first kappa shape index (κ1) is 18.0. The number of hydrogen-bond acceptors (Lipinski definition) is 2. The van der Waals surface area contributed by atoms with Crippen molar-refractivity contribution in [3.8, 4) is 11.1 Å². The molecule has 2 heterocycles. The summed E-state index contributed by atoms with van der Waals surface area (Å²) in [6, 6.07) is 17.3. The second-order valence-corrected chi connectivity index (χ2v) is 8.09. The molecule has 2 aliphatic rings. The Morgan fingerprint density at radius 3 is 2.62 bits per heavy atom. The molecule has 1 aliphatic carbocycles. The van der Waals surface area contributed by atoms with Crippen molar-refractivity contribution in [3.63, 3.8) is 0 Å². The van der Waals surface area contributed by atoms with Gasteiger partial charge in [0, 0.05) is 30.9 Å². The summed E-state index contributed by atoms with van der Waals surface area (Å²) in [7, 11) is 0. The van der Waals surface area contributed by atoms with Crippen LogP contribution in [0.15, 0.2) is 61.1 Å². The van der Waals surface area contributed by atoms with Crippen LogP contribution < -0.4 is 5.32 Å². The lowest BCUT2D eigenvalue weighted by Gasteiger charge is -2.32. The molecule has 5 nitrogen and oxygen atoms in total. The zero-order valence-electron chi connectivity index (χ0n) is 16.5. The van der Waals surface area contributed by atoms with Crippen molar-refractivity contribution in [1.82, 2.24) is 20.2 Å². The van der Waals surface area contributed by atoms with Gasteiger partial charge in [0.15, 0.2) is 0 Å². The van der Waals surface area contributed by atoms with Crippen LogP contribution in [0.25, 0.3) is 11.1 Å². The number of aromatic nitrogens is 2. The Kier molecular flexibility index (Phi) is 4.80. The molecule has 0 bridgehead atoms. The van der Waals surface area contributed by atoms with Crippen molar-refractivity contribution >= 4 is 6.03 Å². The predicted octanol–water partition coefficient (Wildman–Crippen LogP) is 4.65. The van der Waals surface area contributed by atoms with E-state index in [0.717, 1.165) is 38.8 Å². The molecule has 1 unspecified atom stereocenters. The zero-order chi connectivity index (χ0) is 19.6. The number of benzene rings is 2. The van der Waals surface area contributed by atoms with E-state index in [1.54, 1.807) is 6.33 Å². The predicted molar refractivity (Wildman–Crippen MR) is 114 cm³/mol. The third kappa shape index (κ3) is 3.65. The van der Waals surface area contributed by atoms with Gasteiger partial charge in [-0.2, -0.15) is 0 Å². The maximum absolute atomic E-state index is 12.9. The minimum Gasteiger partial charge on any atom is -0.348 e. The number of nitrogens with zero attached hydrogens (tertiary/aromatic N) is 2. The van der Waals surface area contributed by atoms with Crippen LogP contribution in [-0.4, -0.2) is 34.0 Å². The molecule has 1 aromatic heterocycles. The molecule has 5 heteroatoms. The second-order valence-electron chi connectivity index (χ2n) is 8.09. The Hall–Kier alpha value is -3.08. The summed E-state index contributed by atoms with van der Waals surface area (Å²) in [6.45, 7) is 1.58. The Morgan fingerprint density at radius 2 is 1.86 bits per heavy atom. The van der Waals surface area contributed by atoms with E-state index in [4.69, 9.17) is 0 Å². The lowest BCUT2D eigenvalue weighted by atomic mass is 9.94. The number of imidazole rings is 1. The van der Waals surface area contributed by atoms with Gasteiger partial charge in [0.05, 0.1) is 12.4 Å². The van der Waals surface area contributed by atoms with Crippen LogP contribution >= 0.6 is 0 Å². The van der Waals surface area contributed by atoms with Gasteiger partial charge in [-0.3, -0.25) is 0 Å². The highest BCUT2D eigenvalue weighted by Crippen LogP contribution is 2.35. The summed E-state index contributed by atoms with van der Waals surface area (Å²) < 4.78 is 0. The molecule has 1 atom stereocenters. The number of rotatable bonds is 3. The summed E-state index contributed by atoms with van der Waals surface area (Å²) >= 11 is 0. The number of likely N-dealkylation sites (tertiary alicyclic amines) is 1. The molecule has 2 aromatic carbocycles. The average Bonchev–Trinajstić information content (AvgIpc) is 3.45. The molecular weight excluding hydrogens is 360 g/mol. The van der Waals surface area contributed by atoms with E-state index in [0.29, 0.717) is 5.92 Å².